The molecular formula is C26H25P. The highest BCUT2D eigenvalue weighted by molar-refractivity contribution is 7.48. The average Bonchev–Trinajstić information content (AvgIpc) is 2.73. The van der Waals surface area contributed by atoms with E-state index in [4.69, 9.17) is 0 Å². The second kappa shape index (κ2) is 7.45. The van der Waals surface area contributed by atoms with Gasteiger partial charge in [-0.15, -0.1) is 0 Å². The predicted octanol–water partition coefficient (Wildman–Crippen LogP) is 7.30. The van der Waals surface area contributed by atoms with E-state index in [1.54, 1.807) is 5.30 Å². The standard InChI is InChI=1S/C26H25P/c1-2-12-21(13-3-1)27-25-17-9-8-16-24(25)26-22-14-6-4-10-19(22)18-20-11-5-7-15-23(20)26/h4-11,14-18,21,27H,1-3,12-13H2. The van der Waals surface area contributed by atoms with Crippen LogP contribution in [0.3, 0.4) is 0 Å². The Kier molecular flexibility index (Phi) is 4.68. The largest absolute Gasteiger partial charge is 0.0865 e. The zero-order chi connectivity index (χ0) is 18.1. The van der Waals surface area contributed by atoms with Crippen molar-refractivity contribution in [3.8, 4) is 11.1 Å². The molecule has 1 heteroatoms. The summed E-state index contributed by atoms with van der Waals surface area (Å²) in [6, 6.07) is 29.2. The fraction of sp³-hybridized carbons (Fsp3) is 0.231. The van der Waals surface area contributed by atoms with Crippen molar-refractivity contribution in [2.45, 2.75) is 37.8 Å². The normalized spacial score (nSPS) is 15.9. The van der Waals surface area contributed by atoms with Crippen LogP contribution in [0.5, 0.6) is 0 Å². The molecule has 4 aromatic carbocycles. The molecule has 0 N–H and O–H groups in total. The van der Waals surface area contributed by atoms with Crippen LogP contribution >= 0.6 is 8.58 Å². The molecule has 1 atom stereocenters. The maximum atomic E-state index is 2.37. The lowest BCUT2D eigenvalue weighted by Crippen LogP contribution is -2.12. The van der Waals surface area contributed by atoms with Crippen LogP contribution in [0.1, 0.15) is 32.1 Å². The fourth-order valence-corrected chi connectivity index (χ4v) is 6.29. The van der Waals surface area contributed by atoms with Crippen LogP contribution in [0.25, 0.3) is 32.7 Å². The average molecular weight is 368 g/mol. The van der Waals surface area contributed by atoms with E-state index in [1.165, 1.54) is 64.8 Å². The monoisotopic (exact) mass is 368 g/mol. The molecule has 0 spiro atoms. The summed E-state index contributed by atoms with van der Waals surface area (Å²) in [6.07, 6.45) is 7.07. The van der Waals surface area contributed by atoms with Gasteiger partial charge in [-0.3, -0.25) is 0 Å². The van der Waals surface area contributed by atoms with Gasteiger partial charge in [-0.1, -0.05) is 101 Å². The Bertz CT molecular complexity index is 1040. The number of benzene rings is 4. The third-order valence-electron chi connectivity index (χ3n) is 5.93. The summed E-state index contributed by atoms with van der Waals surface area (Å²) in [5.74, 6) is 0. The summed E-state index contributed by atoms with van der Waals surface area (Å²) in [6.45, 7) is 0. The molecule has 0 saturated heterocycles. The van der Waals surface area contributed by atoms with Gasteiger partial charge < -0.3 is 0 Å². The first kappa shape index (κ1) is 17.0. The smallest absolute Gasteiger partial charge is 0.00205 e. The van der Waals surface area contributed by atoms with Crippen LogP contribution in [-0.4, -0.2) is 5.66 Å². The lowest BCUT2D eigenvalue weighted by atomic mass is 9.92. The highest BCUT2D eigenvalue weighted by Gasteiger charge is 2.18. The first-order valence-corrected chi connectivity index (χ1v) is 11.2. The van der Waals surface area contributed by atoms with E-state index in [9.17, 15) is 0 Å². The van der Waals surface area contributed by atoms with E-state index < -0.39 is 0 Å². The van der Waals surface area contributed by atoms with E-state index in [0.29, 0.717) is 0 Å². The van der Waals surface area contributed by atoms with Gasteiger partial charge >= 0.3 is 0 Å². The third-order valence-corrected chi connectivity index (χ3v) is 7.67. The van der Waals surface area contributed by atoms with E-state index >= 15 is 0 Å². The van der Waals surface area contributed by atoms with Crippen LogP contribution in [-0.2, 0) is 0 Å². The van der Waals surface area contributed by atoms with Gasteiger partial charge in [0.1, 0.15) is 0 Å². The van der Waals surface area contributed by atoms with Gasteiger partial charge in [0, 0.05) is 0 Å². The molecule has 27 heavy (non-hydrogen) atoms. The summed E-state index contributed by atoms with van der Waals surface area (Å²) in [7, 11) is 0.920. The maximum Gasteiger partial charge on any atom is -0.00205 e. The van der Waals surface area contributed by atoms with Crippen molar-refractivity contribution in [2.75, 3.05) is 0 Å². The van der Waals surface area contributed by atoms with Gasteiger partial charge in [-0.25, -0.2) is 0 Å². The fourth-order valence-electron chi connectivity index (χ4n) is 4.60. The Morgan fingerprint density at radius 2 is 1.22 bits per heavy atom. The van der Waals surface area contributed by atoms with Crippen molar-refractivity contribution in [1.29, 1.82) is 0 Å². The summed E-state index contributed by atoms with van der Waals surface area (Å²) in [5.41, 5.74) is 3.73. The topological polar surface area (TPSA) is 0 Å². The van der Waals surface area contributed by atoms with Gasteiger partial charge in [-0.05, 0) is 62.5 Å². The molecule has 0 amide bonds. The molecule has 0 radical (unpaired) electrons. The number of fused-ring (bicyclic) bond motifs is 2. The minimum Gasteiger partial charge on any atom is -0.0865 e. The number of hydrogen-bond acceptors (Lipinski definition) is 0. The zero-order valence-corrected chi connectivity index (χ0v) is 16.6. The SMILES string of the molecule is c1ccc(-c2c3ccccc3cc3ccccc23)c(PC2CCCCC2)c1. The molecule has 1 aliphatic rings. The van der Waals surface area contributed by atoms with Crippen LogP contribution in [0.4, 0.5) is 0 Å². The van der Waals surface area contributed by atoms with Crippen molar-refractivity contribution in [3.63, 3.8) is 0 Å². The maximum absolute atomic E-state index is 2.37. The molecule has 1 unspecified atom stereocenters. The second-order valence-corrected chi connectivity index (χ2v) is 9.36. The Balaban J connectivity index is 1.73. The molecule has 1 aliphatic carbocycles. The molecule has 1 saturated carbocycles. The highest BCUT2D eigenvalue weighted by Crippen LogP contribution is 2.39. The summed E-state index contributed by atoms with van der Waals surface area (Å²) in [5, 5.41) is 6.96. The minimum atomic E-state index is 0.876. The van der Waals surface area contributed by atoms with Crippen molar-refractivity contribution < 1.29 is 0 Å². The van der Waals surface area contributed by atoms with E-state index in [-0.39, 0.29) is 0 Å². The third kappa shape index (κ3) is 3.28. The van der Waals surface area contributed by atoms with Gasteiger partial charge in [0.2, 0.25) is 0 Å². The zero-order valence-electron chi connectivity index (χ0n) is 15.6. The van der Waals surface area contributed by atoms with Gasteiger partial charge in [0.25, 0.3) is 0 Å². The van der Waals surface area contributed by atoms with Gasteiger partial charge in [0.05, 0.1) is 0 Å². The summed E-state index contributed by atoms with van der Waals surface area (Å²) >= 11 is 0. The van der Waals surface area contributed by atoms with Crippen LogP contribution in [0, 0.1) is 0 Å². The molecule has 1 fully saturated rings. The van der Waals surface area contributed by atoms with Gasteiger partial charge in [-0.2, -0.15) is 0 Å². The molecule has 0 bridgehead atoms. The molecule has 0 heterocycles. The van der Waals surface area contributed by atoms with Crippen molar-refractivity contribution in [2.24, 2.45) is 0 Å². The Labute approximate surface area is 163 Å². The second-order valence-electron chi connectivity index (χ2n) is 7.72. The van der Waals surface area contributed by atoms with Crippen molar-refractivity contribution in [1.82, 2.24) is 0 Å². The first-order chi connectivity index (χ1) is 13.4. The minimum absolute atomic E-state index is 0.876. The van der Waals surface area contributed by atoms with Crippen molar-refractivity contribution in [3.05, 3.63) is 78.9 Å². The molecule has 0 aromatic heterocycles. The highest BCUT2D eigenvalue weighted by atomic mass is 31.1. The molecule has 0 aliphatic heterocycles. The Hall–Kier alpha value is -2.17. The Morgan fingerprint density at radius 1 is 0.630 bits per heavy atom. The van der Waals surface area contributed by atoms with E-state index in [1.807, 2.05) is 0 Å². The molecule has 5 rings (SSSR count). The molecule has 4 aromatic rings. The quantitative estimate of drug-likeness (QED) is 0.263. The lowest BCUT2D eigenvalue weighted by Gasteiger charge is -2.23. The summed E-state index contributed by atoms with van der Waals surface area (Å²) < 4.78 is 0. The van der Waals surface area contributed by atoms with Crippen LogP contribution < -0.4 is 5.30 Å². The van der Waals surface area contributed by atoms with Crippen LogP contribution in [0.2, 0.25) is 0 Å². The van der Waals surface area contributed by atoms with Crippen LogP contribution in [0.15, 0.2) is 78.9 Å². The molecule has 0 nitrogen and oxygen atoms in total. The number of hydrogen-bond donors (Lipinski definition) is 0. The van der Waals surface area contributed by atoms with E-state index in [0.717, 1.165) is 14.2 Å². The number of rotatable bonds is 3. The van der Waals surface area contributed by atoms with E-state index in [2.05, 4.69) is 78.9 Å². The predicted molar refractivity (Wildman–Crippen MR) is 122 cm³/mol. The summed E-state index contributed by atoms with van der Waals surface area (Å²) in [4.78, 5) is 0. The van der Waals surface area contributed by atoms with Crippen molar-refractivity contribution >= 4 is 35.4 Å². The Morgan fingerprint density at radius 3 is 1.93 bits per heavy atom. The first-order valence-electron chi connectivity index (χ1n) is 10.2. The molecular weight excluding hydrogens is 343 g/mol. The van der Waals surface area contributed by atoms with Gasteiger partial charge in [0.15, 0.2) is 0 Å². The molecule has 134 valence electrons. The lowest BCUT2D eigenvalue weighted by molar-refractivity contribution is 0.514.